The Kier molecular flexibility index (Phi) is 1.37. The van der Waals surface area contributed by atoms with Gasteiger partial charge in [0, 0.05) is 0 Å². The topological polar surface area (TPSA) is 95.5 Å². The number of fused-ring (bicyclic) bond motifs is 3. The van der Waals surface area contributed by atoms with Crippen molar-refractivity contribution in [3.8, 4) is 0 Å². The summed E-state index contributed by atoms with van der Waals surface area (Å²) in [6.07, 6.45) is 0.564. The van der Waals surface area contributed by atoms with Crippen molar-refractivity contribution in [1.82, 2.24) is 10.6 Å². The van der Waals surface area contributed by atoms with Crippen LogP contribution in [0.25, 0.3) is 0 Å². The molecule has 3 N–H and O–H groups in total. The molecule has 70 valence electrons. The minimum Gasteiger partial charge on any atom is -0.479 e. The lowest BCUT2D eigenvalue weighted by Gasteiger charge is -2.42. The fourth-order valence-corrected chi connectivity index (χ4v) is 1.70. The number of carbonyl (C=O) groups is 3. The van der Waals surface area contributed by atoms with Crippen LogP contribution < -0.4 is 10.6 Å². The fraction of sp³-hybridized carbons (Fsp3) is 0.571. The van der Waals surface area contributed by atoms with Gasteiger partial charge in [0.25, 0.3) is 5.91 Å². The highest BCUT2D eigenvalue weighted by Gasteiger charge is 2.56. The van der Waals surface area contributed by atoms with Crippen molar-refractivity contribution in [2.45, 2.75) is 24.4 Å². The van der Waals surface area contributed by atoms with Crippen molar-refractivity contribution in [2.75, 3.05) is 0 Å². The molecule has 3 rings (SSSR count). The van der Waals surface area contributed by atoms with Gasteiger partial charge in [-0.05, 0) is 12.8 Å². The first-order valence-corrected chi connectivity index (χ1v) is 3.93. The van der Waals surface area contributed by atoms with Crippen LogP contribution in [0.5, 0.6) is 0 Å². The Morgan fingerprint density at radius 2 is 2.23 bits per heavy atom. The van der Waals surface area contributed by atoms with Gasteiger partial charge >= 0.3 is 5.97 Å². The summed E-state index contributed by atoms with van der Waals surface area (Å²) in [5.74, 6) is -2.32. The largest absolute Gasteiger partial charge is 0.479 e. The summed E-state index contributed by atoms with van der Waals surface area (Å²) in [6.45, 7) is 0. The normalized spacial score (nSPS) is 36.8. The Morgan fingerprint density at radius 3 is 2.62 bits per heavy atom. The summed E-state index contributed by atoms with van der Waals surface area (Å²) < 4.78 is 0. The molecule has 0 spiro atoms. The zero-order valence-electron chi connectivity index (χ0n) is 6.66. The highest BCUT2D eigenvalue weighted by Crippen LogP contribution is 2.26. The van der Waals surface area contributed by atoms with Crippen molar-refractivity contribution >= 4 is 17.8 Å². The molecule has 13 heavy (non-hydrogen) atoms. The minimum atomic E-state index is -1.72. The molecule has 3 saturated heterocycles. The number of carboxylic acids is 1. The van der Waals surface area contributed by atoms with Crippen LogP contribution in [0.4, 0.5) is 0 Å². The molecule has 0 aromatic rings. The maximum Gasteiger partial charge on any atom is 0.339 e. The van der Waals surface area contributed by atoms with Crippen molar-refractivity contribution in [1.29, 1.82) is 0 Å². The van der Waals surface area contributed by atoms with Gasteiger partial charge in [0.15, 0.2) is 0 Å². The fourth-order valence-electron chi connectivity index (χ4n) is 1.70. The third kappa shape index (κ3) is 0.851. The van der Waals surface area contributed by atoms with Gasteiger partial charge in [-0.25, -0.2) is 4.79 Å². The van der Waals surface area contributed by atoms with E-state index in [0.717, 1.165) is 0 Å². The summed E-state index contributed by atoms with van der Waals surface area (Å²) >= 11 is 0. The third-order valence-electron chi connectivity index (χ3n) is 2.52. The molecular weight excluding hydrogens is 176 g/mol. The van der Waals surface area contributed by atoms with Gasteiger partial charge in [-0.3, -0.25) is 9.59 Å². The van der Waals surface area contributed by atoms with Gasteiger partial charge in [0.1, 0.15) is 6.04 Å². The molecule has 2 unspecified atom stereocenters. The van der Waals surface area contributed by atoms with Gasteiger partial charge in [0.2, 0.25) is 11.4 Å². The molecule has 6 heteroatoms. The van der Waals surface area contributed by atoms with E-state index in [1.54, 1.807) is 0 Å². The van der Waals surface area contributed by atoms with E-state index in [1.807, 2.05) is 0 Å². The van der Waals surface area contributed by atoms with Crippen molar-refractivity contribution in [3.63, 3.8) is 0 Å². The second-order valence-electron chi connectivity index (χ2n) is 3.26. The second kappa shape index (κ2) is 2.21. The highest BCUT2D eigenvalue weighted by atomic mass is 16.4. The lowest BCUT2D eigenvalue weighted by molar-refractivity contribution is -0.161. The van der Waals surface area contributed by atoms with Gasteiger partial charge in [-0.1, -0.05) is 0 Å². The summed E-state index contributed by atoms with van der Waals surface area (Å²) in [4.78, 5) is 33.2. The first-order valence-electron chi connectivity index (χ1n) is 3.93. The number of hydrogen-bond acceptors (Lipinski definition) is 3. The van der Waals surface area contributed by atoms with Crippen molar-refractivity contribution < 1.29 is 19.5 Å². The maximum absolute atomic E-state index is 11.3. The van der Waals surface area contributed by atoms with E-state index < -0.39 is 29.4 Å². The minimum absolute atomic E-state index is 0.171. The van der Waals surface area contributed by atoms with Crippen LogP contribution >= 0.6 is 0 Å². The van der Waals surface area contributed by atoms with Crippen molar-refractivity contribution in [3.05, 3.63) is 0 Å². The van der Waals surface area contributed by atoms with E-state index in [-0.39, 0.29) is 6.42 Å². The predicted molar refractivity (Wildman–Crippen MR) is 39.7 cm³/mol. The van der Waals surface area contributed by atoms with Gasteiger partial charge in [-0.2, -0.15) is 0 Å². The zero-order valence-corrected chi connectivity index (χ0v) is 6.66. The van der Waals surface area contributed by atoms with Crippen LogP contribution in [0.3, 0.4) is 0 Å². The second-order valence-corrected chi connectivity index (χ2v) is 3.26. The molecule has 0 saturated carbocycles. The first kappa shape index (κ1) is 8.03. The van der Waals surface area contributed by atoms with Crippen LogP contribution in [-0.4, -0.2) is 34.5 Å². The SMILES string of the molecule is O=C1NC2(C(=O)O)CCC1NC2=O. The van der Waals surface area contributed by atoms with Crippen LogP contribution in [0, 0.1) is 0 Å². The number of carbonyl (C=O) groups excluding carboxylic acids is 2. The molecule has 0 aromatic carbocycles. The molecule has 3 aliphatic rings. The molecule has 3 fully saturated rings. The third-order valence-corrected chi connectivity index (χ3v) is 2.52. The van der Waals surface area contributed by atoms with Gasteiger partial charge < -0.3 is 15.7 Å². The predicted octanol–water partition coefficient (Wildman–Crippen LogP) is -1.78. The number of hydrogen-bond donors (Lipinski definition) is 3. The maximum atomic E-state index is 11.3. The summed E-state index contributed by atoms with van der Waals surface area (Å²) in [5.41, 5.74) is -1.72. The molecule has 0 radical (unpaired) electrons. The first-order chi connectivity index (χ1) is 6.06. The summed E-state index contributed by atoms with van der Waals surface area (Å²) in [5, 5.41) is 13.4. The van der Waals surface area contributed by atoms with E-state index in [4.69, 9.17) is 5.11 Å². The molecule has 3 heterocycles. The summed E-state index contributed by atoms with van der Waals surface area (Å²) in [6, 6.07) is -0.547. The average Bonchev–Trinajstić information content (AvgIpc) is 2.07. The molecular formula is C7H8N2O4. The lowest BCUT2D eigenvalue weighted by atomic mass is 9.81. The lowest BCUT2D eigenvalue weighted by Crippen LogP contribution is -2.76. The van der Waals surface area contributed by atoms with E-state index in [1.165, 1.54) is 0 Å². The number of carboxylic acid groups (broad SMARTS) is 1. The smallest absolute Gasteiger partial charge is 0.339 e. The van der Waals surface area contributed by atoms with E-state index in [9.17, 15) is 14.4 Å². The molecule has 3 aliphatic heterocycles. The van der Waals surface area contributed by atoms with Gasteiger partial charge in [-0.15, -0.1) is 0 Å². The van der Waals surface area contributed by atoms with Crippen molar-refractivity contribution in [2.24, 2.45) is 0 Å². The number of piperazine rings is 1. The van der Waals surface area contributed by atoms with Crippen LogP contribution in [-0.2, 0) is 14.4 Å². The Balaban J connectivity index is 2.40. The Labute approximate surface area is 73.3 Å². The van der Waals surface area contributed by atoms with E-state index in [0.29, 0.717) is 6.42 Å². The Morgan fingerprint density at radius 1 is 1.54 bits per heavy atom. The van der Waals surface area contributed by atoms with E-state index in [2.05, 4.69) is 10.6 Å². The van der Waals surface area contributed by atoms with Crippen LogP contribution in [0.1, 0.15) is 12.8 Å². The quantitative estimate of drug-likeness (QED) is 0.420. The molecule has 6 nitrogen and oxygen atoms in total. The molecule has 2 amide bonds. The van der Waals surface area contributed by atoms with Gasteiger partial charge in [0.05, 0.1) is 0 Å². The number of amides is 2. The number of aliphatic carboxylic acids is 1. The number of piperidine rings is 2. The highest BCUT2D eigenvalue weighted by molar-refractivity contribution is 6.14. The van der Waals surface area contributed by atoms with Crippen LogP contribution in [0.15, 0.2) is 0 Å². The summed E-state index contributed by atoms with van der Waals surface area (Å²) in [7, 11) is 0. The molecule has 0 aromatic heterocycles. The zero-order chi connectivity index (χ0) is 9.64. The Hall–Kier alpha value is -1.59. The molecule has 2 bridgehead atoms. The standard InChI is InChI=1S/C7H8N2O4/c10-4-3-1-2-7(9-4,6(12)13)5(11)8-3/h3H,1-2H2,(H,8,11)(H,9,10)(H,12,13). The monoisotopic (exact) mass is 184 g/mol. The average molecular weight is 184 g/mol. The molecule has 2 atom stereocenters. The Bertz CT molecular complexity index is 314. The molecule has 0 aliphatic carbocycles. The van der Waals surface area contributed by atoms with E-state index >= 15 is 0 Å². The van der Waals surface area contributed by atoms with Crippen LogP contribution in [0.2, 0.25) is 0 Å². The number of nitrogens with one attached hydrogen (secondary N) is 2. The number of rotatable bonds is 1.